The number of halogens is 2. The highest BCUT2D eigenvalue weighted by Gasteiger charge is 2.09. The summed E-state index contributed by atoms with van der Waals surface area (Å²) in [6.45, 7) is 3.64. The third-order valence-electron chi connectivity index (χ3n) is 2.94. The van der Waals surface area contributed by atoms with Crippen LogP contribution in [-0.2, 0) is 13.5 Å². The maximum atomic E-state index is 6.17. The van der Waals surface area contributed by atoms with E-state index in [-0.39, 0.29) is 0 Å². The highest BCUT2D eigenvalue weighted by atomic mass is 35.5. The summed E-state index contributed by atoms with van der Waals surface area (Å²) in [5, 5.41) is 11.6. The molecule has 0 saturated heterocycles. The molecule has 0 bridgehead atoms. The van der Waals surface area contributed by atoms with E-state index in [4.69, 9.17) is 23.2 Å². The highest BCUT2D eigenvalue weighted by Crippen LogP contribution is 2.29. The second-order valence-corrected chi connectivity index (χ2v) is 5.59. The Kier molecular flexibility index (Phi) is 5.70. The first-order valence-corrected chi connectivity index (χ1v) is 7.67. The lowest BCUT2D eigenvalue weighted by Crippen LogP contribution is -2.09. The fourth-order valence-electron chi connectivity index (χ4n) is 1.88. The van der Waals surface area contributed by atoms with Crippen LogP contribution in [0.2, 0.25) is 10.0 Å². The second kappa shape index (κ2) is 7.52. The van der Waals surface area contributed by atoms with Crippen molar-refractivity contribution < 1.29 is 0 Å². The average molecular weight is 328 g/mol. The molecule has 0 aliphatic heterocycles. The van der Waals surface area contributed by atoms with Gasteiger partial charge in [0.05, 0.1) is 16.2 Å². The normalized spacial score (nSPS) is 10.7. The van der Waals surface area contributed by atoms with Crippen molar-refractivity contribution >= 4 is 34.8 Å². The van der Waals surface area contributed by atoms with Gasteiger partial charge in [0.2, 0.25) is 0 Å². The molecule has 0 saturated carbocycles. The smallest absolute Gasteiger partial charge is 0.147 e. The van der Waals surface area contributed by atoms with Crippen LogP contribution in [0.5, 0.6) is 0 Å². The van der Waals surface area contributed by atoms with E-state index in [1.807, 2.05) is 19.4 Å². The van der Waals surface area contributed by atoms with E-state index in [2.05, 4.69) is 27.6 Å². The van der Waals surface area contributed by atoms with Crippen molar-refractivity contribution in [2.75, 3.05) is 23.7 Å². The number of aromatic nitrogens is 3. The summed E-state index contributed by atoms with van der Waals surface area (Å²) >= 11 is 12.3. The van der Waals surface area contributed by atoms with Gasteiger partial charge in [0, 0.05) is 26.3 Å². The summed E-state index contributed by atoms with van der Waals surface area (Å²) in [7, 11) is 1.90. The van der Waals surface area contributed by atoms with Gasteiger partial charge >= 0.3 is 0 Å². The molecule has 2 aromatic rings. The Morgan fingerprint density at radius 1 is 1.14 bits per heavy atom. The summed E-state index contributed by atoms with van der Waals surface area (Å²) in [5.41, 5.74) is 1.17. The predicted octanol–water partition coefficient (Wildman–Crippen LogP) is 3.60. The Morgan fingerprint density at radius 2 is 1.81 bits per heavy atom. The van der Waals surface area contributed by atoms with E-state index in [1.54, 1.807) is 10.7 Å². The molecule has 2 rings (SSSR count). The van der Waals surface area contributed by atoms with Crippen molar-refractivity contribution in [1.82, 2.24) is 14.8 Å². The predicted molar refractivity (Wildman–Crippen MR) is 88.4 cm³/mol. The molecular weight excluding hydrogens is 309 g/mol. The molecule has 0 aliphatic carbocycles. The number of aryl methyl sites for hydroxylation is 1. The van der Waals surface area contributed by atoms with Gasteiger partial charge in [0.15, 0.2) is 0 Å². The summed E-state index contributed by atoms with van der Waals surface area (Å²) in [6.07, 6.45) is 5.70. The standard InChI is InChI=1S/C14H19Cl2N5/c1-3-5-17-13-11(15)7-12(16)14(20-13)18-6-4-10-8-19-21(2)9-10/h7-9H,3-6H2,1-2H3,(H2,17,18,20). The van der Waals surface area contributed by atoms with Crippen molar-refractivity contribution in [1.29, 1.82) is 0 Å². The fourth-order valence-corrected chi connectivity index (χ4v) is 2.38. The van der Waals surface area contributed by atoms with Gasteiger partial charge in [-0.1, -0.05) is 30.1 Å². The zero-order valence-corrected chi connectivity index (χ0v) is 13.7. The zero-order chi connectivity index (χ0) is 15.2. The Labute approximate surface area is 134 Å². The van der Waals surface area contributed by atoms with E-state index in [0.29, 0.717) is 21.7 Å². The van der Waals surface area contributed by atoms with E-state index >= 15 is 0 Å². The van der Waals surface area contributed by atoms with E-state index in [9.17, 15) is 0 Å². The topological polar surface area (TPSA) is 54.8 Å². The van der Waals surface area contributed by atoms with Gasteiger partial charge in [-0.25, -0.2) is 4.98 Å². The van der Waals surface area contributed by atoms with Crippen LogP contribution in [0, 0.1) is 0 Å². The maximum Gasteiger partial charge on any atom is 0.147 e. The Morgan fingerprint density at radius 3 is 2.38 bits per heavy atom. The van der Waals surface area contributed by atoms with Crippen molar-refractivity contribution in [3.8, 4) is 0 Å². The van der Waals surface area contributed by atoms with Crippen molar-refractivity contribution in [2.24, 2.45) is 7.05 Å². The summed E-state index contributed by atoms with van der Waals surface area (Å²) < 4.78 is 1.79. The Bertz CT molecular complexity index is 597. The number of nitrogens with zero attached hydrogens (tertiary/aromatic N) is 3. The van der Waals surface area contributed by atoms with Gasteiger partial charge in [-0.15, -0.1) is 0 Å². The summed E-state index contributed by atoms with van der Waals surface area (Å²) in [5.74, 6) is 1.30. The first-order chi connectivity index (χ1) is 10.1. The number of nitrogens with one attached hydrogen (secondary N) is 2. The van der Waals surface area contributed by atoms with Crippen LogP contribution in [0.15, 0.2) is 18.5 Å². The molecule has 0 atom stereocenters. The van der Waals surface area contributed by atoms with Crippen LogP contribution in [0.4, 0.5) is 11.6 Å². The molecule has 0 spiro atoms. The Balaban J connectivity index is 1.98. The maximum absolute atomic E-state index is 6.17. The summed E-state index contributed by atoms with van der Waals surface area (Å²) in [6, 6.07) is 1.71. The molecule has 2 heterocycles. The third kappa shape index (κ3) is 4.51. The van der Waals surface area contributed by atoms with Gasteiger partial charge in [-0.05, 0) is 24.5 Å². The molecular formula is C14H19Cl2N5. The number of rotatable bonds is 7. The molecule has 0 fully saturated rings. The minimum Gasteiger partial charge on any atom is -0.369 e. The van der Waals surface area contributed by atoms with Crippen molar-refractivity contribution in [2.45, 2.75) is 19.8 Å². The van der Waals surface area contributed by atoms with Gasteiger partial charge in [-0.3, -0.25) is 4.68 Å². The van der Waals surface area contributed by atoms with Crippen LogP contribution in [0.1, 0.15) is 18.9 Å². The van der Waals surface area contributed by atoms with Crippen molar-refractivity contribution in [3.05, 3.63) is 34.1 Å². The van der Waals surface area contributed by atoms with Crippen LogP contribution in [0.25, 0.3) is 0 Å². The molecule has 2 aromatic heterocycles. The molecule has 0 unspecified atom stereocenters. The van der Waals surface area contributed by atoms with Crippen molar-refractivity contribution in [3.63, 3.8) is 0 Å². The molecule has 2 N–H and O–H groups in total. The molecule has 0 radical (unpaired) electrons. The number of hydrogen-bond donors (Lipinski definition) is 2. The third-order valence-corrected chi connectivity index (χ3v) is 3.51. The quantitative estimate of drug-likeness (QED) is 0.815. The van der Waals surface area contributed by atoms with Gasteiger partial charge in [0.1, 0.15) is 11.6 Å². The lowest BCUT2D eigenvalue weighted by molar-refractivity contribution is 0.767. The van der Waals surface area contributed by atoms with E-state index < -0.39 is 0 Å². The molecule has 21 heavy (non-hydrogen) atoms. The SMILES string of the molecule is CCCNc1nc(NCCc2cnn(C)c2)c(Cl)cc1Cl. The molecule has 0 amide bonds. The first-order valence-electron chi connectivity index (χ1n) is 6.91. The van der Waals surface area contributed by atoms with Crippen LogP contribution in [-0.4, -0.2) is 27.9 Å². The van der Waals surface area contributed by atoms with Crippen LogP contribution < -0.4 is 10.6 Å². The lowest BCUT2D eigenvalue weighted by atomic mass is 10.2. The fraction of sp³-hybridized carbons (Fsp3) is 0.429. The minimum atomic E-state index is 0.522. The molecule has 114 valence electrons. The van der Waals surface area contributed by atoms with Gasteiger partial charge in [-0.2, -0.15) is 5.10 Å². The molecule has 0 aliphatic rings. The Hall–Kier alpha value is -1.46. The number of anilines is 2. The molecule has 5 nitrogen and oxygen atoms in total. The number of pyridine rings is 1. The monoisotopic (exact) mass is 327 g/mol. The van der Waals surface area contributed by atoms with E-state index in [0.717, 1.165) is 25.9 Å². The number of hydrogen-bond acceptors (Lipinski definition) is 4. The van der Waals surface area contributed by atoms with Gasteiger partial charge < -0.3 is 10.6 Å². The van der Waals surface area contributed by atoms with Crippen LogP contribution >= 0.6 is 23.2 Å². The molecule has 0 aromatic carbocycles. The molecule has 7 heteroatoms. The lowest BCUT2D eigenvalue weighted by Gasteiger charge is -2.11. The second-order valence-electron chi connectivity index (χ2n) is 4.78. The van der Waals surface area contributed by atoms with Gasteiger partial charge in [0.25, 0.3) is 0 Å². The minimum absolute atomic E-state index is 0.522. The average Bonchev–Trinajstić information content (AvgIpc) is 2.85. The first kappa shape index (κ1) is 15.9. The largest absolute Gasteiger partial charge is 0.369 e. The highest BCUT2D eigenvalue weighted by molar-refractivity contribution is 6.37. The van der Waals surface area contributed by atoms with E-state index in [1.165, 1.54) is 5.56 Å². The van der Waals surface area contributed by atoms with Crippen LogP contribution in [0.3, 0.4) is 0 Å². The zero-order valence-electron chi connectivity index (χ0n) is 12.2. The summed E-state index contributed by atoms with van der Waals surface area (Å²) in [4.78, 5) is 4.44.